The lowest BCUT2D eigenvalue weighted by Crippen LogP contribution is -2.36. The van der Waals surface area contributed by atoms with E-state index in [4.69, 9.17) is 0 Å². The van der Waals surface area contributed by atoms with Gasteiger partial charge in [-0.2, -0.15) is 0 Å². The van der Waals surface area contributed by atoms with E-state index in [9.17, 15) is 9.59 Å². The zero-order chi connectivity index (χ0) is 19.3. The maximum atomic E-state index is 13.0. The lowest BCUT2D eigenvalue weighted by atomic mass is 9.71. The molecule has 0 atom stereocenters. The molecular weight excluding hydrogens is 348 g/mol. The van der Waals surface area contributed by atoms with Gasteiger partial charge in [0.05, 0.1) is 0 Å². The highest BCUT2D eigenvalue weighted by molar-refractivity contribution is 6.07. The highest BCUT2D eigenvalue weighted by atomic mass is 16.1. The average molecular weight is 374 g/mol. The van der Waals surface area contributed by atoms with Crippen molar-refractivity contribution < 1.29 is 9.59 Å². The number of para-hydroxylation sites is 1. The molecular formula is C24H26N2O2. The van der Waals surface area contributed by atoms with E-state index in [1.165, 1.54) is 10.9 Å². The number of hydrogen-bond acceptors (Lipinski definition) is 3. The van der Waals surface area contributed by atoms with Gasteiger partial charge in [-0.25, -0.2) is 0 Å². The topological polar surface area (TPSA) is 51.1 Å². The van der Waals surface area contributed by atoms with Gasteiger partial charge in [0, 0.05) is 64.9 Å². The summed E-state index contributed by atoms with van der Waals surface area (Å²) < 4.78 is 2.29. The zero-order valence-corrected chi connectivity index (χ0v) is 16.4. The highest BCUT2D eigenvalue weighted by Gasteiger charge is 2.41. The van der Waals surface area contributed by atoms with Crippen LogP contribution in [0.1, 0.15) is 63.4 Å². The molecule has 0 saturated heterocycles. The van der Waals surface area contributed by atoms with E-state index in [2.05, 4.69) is 47.3 Å². The molecule has 0 unspecified atom stereocenters. The van der Waals surface area contributed by atoms with Crippen molar-refractivity contribution in [3.05, 3.63) is 58.6 Å². The summed E-state index contributed by atoms with van der Waals surface area (Å²) in [4.78, 5) is 26.0. The number of Topliss-reactive ketones (excluding diaryl/α,β-unsaturated/α-hetero) is 2. The minimum Gasteiger partial charge on any atom is -0.362 e. The third kappa shape index (κ3) is 2.58. The number of ketones is 2. The number of dihydropyridines is 1. The summed E-state index contributed by atoms with van der Waals surface area (Å²) in [6.07, 6.45) is 8.00. The number of aryl methyl sites for hydroxylation is 1. The molecule has 1 N–H and O–H groups in total. The fourth-order valence-corrected chi connectivity index (χ4v) is 5.23. The average Bonchev–Trinajstić information content (AvgIpc) is 3.06. The van der Waals surface area contributed by atoms with Gasteiger partial charge in [-0.05, 0) is 43.7 Å². The zero-order valence-electron chi connectivity index (χ0n) is 16.4. The molecule has 4 heteroatoms. The Kier molecular flexibility index (Phi) is 4.22. The molecule has 5 rings (SSSR count). The molecule has 0 spiro atoms. The van der Waals surface area contributed by atoms with Gasteiger partial charge in [-0.15, -0.1) is 0 Å². The largest absolute Gasteiger partial charge is 0.362 e. The SMILES string of the molecule is CCCn1cc(C2C3=C(CCCC3=O)NC3=C2C(=O)CCC3)c2ccccc21. The van der Waals surface area contributed by atoms with Crippen LogP contribution in [0, 0.1) is 0 Å². The van der Waals surface area contributed by atoms with Crippen LogP contribution in [0.3, 0.4) is 0 Å². The van der Waals surface area contributed by atoms with Crippen molar-refractivity contribution in [1.29, 1.82) is 0 Å². The molecule has 1 aromatic carbocycles. The standard InChI is InChI=1S/C24H26N2O2/c1-2-13-26-14-16(15-7-3-4-10-19(15)26)22-23-17(8-5-11-20(23)27)25-18-9-6-12-21(28)24(18)22/h3-4,7,10,14,22,25H,2,5-6,8-9,11-13H2,1H3. The second kappa shape index (κ2) is 6.77. The first kappa shape index (κ1) is 17.5. The normalized spacial score (nSPS) is 20.5. The Bertz CT molecular complexity index is 1010. The molecule has 28 heavy (non-hydrogen) atoms. The van der Waals surface area contributed by atoms with Gasteiger partial charge in [-0.3, -0.25) is 9.59 Å². The van der Waals surface area contributed by atoms with E-state index in [1.54, 1.807) is 0 Å². The molecule has 3 aliphatic rings. The molecule has 2 heterocycles. The van der Waals surface area contributed by atoms with Crippen LogP contribution in [0.2, 0.25) is 0 Å². The first-order valence-corrected chi connectivity index (χ1v) is 10.6. The molecule has 0 bridgehead atoms. The number of hydrogen-bond donors (Lipinski definition) is 1. The molecule has 0 amide bonds. The summed E-state index contributed by atoms with van der Waals surface area (Å²) in [7, 11) is 0. The predicted octanol–water partition coefficient (Wildman–Crippen LogP) is 4.75. The lowest BCUT2D eigenvalue weighted by Gasteiger charge is -2.37. The maximum Gasteiger partial charge on any atom is 0.161 e. The second-order valence-electron chi connectivity index (χ2n) is 8.19. The number of rotatable bonds is 3. The molecule has 2 aromatic rings. The van der Waals surface area contributed by atoms with E-state index in [-0.39, 0.29) is 17.5 Å². The van der Waals surface area contributed by atoms with Gasteiger partial charge in [0.25, 0.3) is 0 Å². The predicted molar refractivity (Wildman–Crippen MR) is 110 cm³/mol. The Hall–Kier alpha value is -2.62. The van der Waals surface area contributed by atoms with Crippen molar-refractivity contribution in [3.63, 3.8) is 0 Å². The quantitative estimate of drug-likeness (QED) is 0.843. The van der Waals surface area contributed by atoms with E-state index < -0.39 is 0 Å². The number of fused-ring (bicyclic) bond motifs is 1. The van der Waals surface area contributed by atoms with Gasteiger partial charge in [0.1, 0.15) is 0 Å². The summed E-state index contributed by atoms with van der Waals surface area (Å²) in [5.74, 6) is 0.196. The minimum absolute atomic E-state index is 0.205. The van der Waals surface area contributed by atoms with E-state index >= 15 is 0 Å². The Balaban J connectivity index is 1.77. The Morgan fingerprint density at radius 3 is 2.25 bits per heavy atom. The van der Waals surface area contributed by atoms with Crippen LogP contribution in [-0.4, -0.2) is 16.1 Å². The molecule has 144 valence electrons. The molecule has 0 fully saturated rings. The maximum absolute atomic E-state index is 13.0. The van der Waals surface area contributed by atoms with E-state index in [1.807, 2.05) is 0 Å². The molecule has 1 aromatic heterocycles. The minimum atomic E-state index is -0.213. The third-order valence-electron chi connectivity index (χ3n) is 6.39. The van der Waals surface area contributed by atoms with Crippen molar-refractivity contribution in [3.8, 4) is 0 Å². The molecule has 0 radical (unpaired) electrons. The fourth-order valence-electron chi connectivity index (χ4n) is 5.23. The fraction of sp³-hybridized carbons (Fsp3) is 0.417. The highest BCUT2D eigenvalue weighted by Crippen LogP contribution is 2.47. The third-order valence-corrected chi connectivity index (χ3v) is 6.39. The van der Waals surface area contributed by atoms with Gasteiger partial charge in [0.2, 0.25) is 0 Å². The van der Waals surface area contributed by atoms with Crippen molar-refractivity contribution in [2.24, 2.45) is 0 Å². The van der Waals surface area contributed by atoms with Crippen molar-refractivity contribution in [1.82, 2.24) is 9.88 Å². The summed E-state index contributed by atoms with van der Waals surface area (Å²) in [5, 5.41) is 4.67. The number of carbonyl (C=O) groups excluding carboxylic acids is 2. The number of nitrogens with one attached hydrogen (secondary N) is 1. The van der Waals surface area contributed by atoms with Crippen LogP contribution in [0.5, 0.6) is 0 Å². The molecule has 1 aliphatic heterocycles. The smallest absolute Gasteiger partial charge is 0.161 e. The van der Waals surface area contributed by atoms with Crippen LogP contribution >= 0.6 is 0 Å². The van der Waals surface area contributed by atoms with E-state index in [0.29, 0.717) is 12.8 Å². The Morgan fingerprint density at radius 1 is 0.964 bits per heavy atom. The van der Waals surface area contributed by atoms with Gasteiger partial charge in [-0.1, -0.05) is 25.1 Å². The van der Waals surface area contributed by atoms with E-state index in [0.717, 1.165) is 66.8 Å². The van der Waals surface area contributed by atoms with Gasteiger partial charge >= 0.3 is 0 Å². The van der Waals surface area contributed by atoms with Crippen LogP contribution in [0.4, 0.5) is 0 Å². The first-order valence-electron chi connectivity index (χ1n) is 10.6. The first-order chi connectivity index (χ1) is 13.7. The van der Waals surface area contributed by atoms with Crippen molar-refractivity contribution >= 4 is 22.5 Å². The van der Waals surface area contributed by atoms with Crippen molar-refractivity contribution in [2.75, 3.05) is 0 Å². The Labute approximate surface area is 165 Å². The number of allylic oxidation sites excluding steroid dienone is 4. The summed E-state index contributed by atoms with van der Waals surface area (Å²) in [5.41, 5.74) is 6.12. The van der Waals surface area contributed by atoms with Gasteiger partial charge < -0.3 is 9.88 Å². The molecule has 2 aliphatic carbocycles. The number of benzene rings is 1. The number of aromatic nitrogens is 1. The molecule has 4 nitrogen and oxygen atoms in total. The Morgan fingerprint density at radius 2 is 1.61 bits per heavy atom. The van der Waals surface area contributed by atoms with Crippen LogP contribution in [0.25, 0.3) is 10.9 Å². The van der Waals surface area contributed by atoms with Crippen LogP contribution in [-0.2, 0) is 16.1 Å². The number of carbonyl (C=O) groups is 2. The number of nitrogens with zero attached hydrogens (tertiary/aromatic N) is 1. The second-order valence-corrected chi connectivity index (χ2v) is 8.19. The summed E-state index contributed by atoms with van der Waals surface area (Å²) >= 11 is 0. The summed E-state index contributed by atoms with van der Waals surface area (Å²) in [6.45, 7) is 3.11. The molecule has 0 saturated carbocycles. The lowest BCUT2D eigenvalue weighted by molar-refractivity contribution is -0.116. The van der Waals surface area contributed by atoms with Crippen LogP contribution in [0.15, 0.2) is 53.0 Å². The monoisotopic (exact) mass is 374 g/mol. The van der Waals surface area contributed by atoms with Crippen molar-refractivity contribution in [2.45, 2.75) is 64.3 Å². The van der Waals surface area contributed by atoms with Crippen LogP contribution < -0.4 is 5.32 Å². The summed E-state index contributed by atoms with van der Waals surface area (Å²) in [6, 6.07) is 8.40. The van der Waals surface area contributed by atoms with Gasteiger partial charge in [0.15, 0.2) is 11.6 Å².